The van der Waals surface area contributed by atoms with E-state index in [1.54, 1.807) is 29.5 Å². The van der Waals surface area contributed by atoms with E-state index in [1.165, 1.54) is 42.0 Å². The Hall–Kier alpha value is -2.80. The van der Waals surface area contributed by atoms with Gasteiger partial charge in [-0.1, -0.05) is 31.2 Å². The molecule has 6 heteroatoms. The molecule has 4 rings (SSSR count). The van der Waals surface area contributed by atoms with Crippen molar-refractivity contribution in [3.8, 4) is 0 Å². The van der Waals surface area contributed by atoms with Gasteiger partial charge in [-0.2, -0.15) is 11.3 Å². The van der Waals surface area contributed by atoms with Crippen LogP contribution in [0.2, 0.25) is 0 Å². The molecule has 0 bridgehead atoms. The van der Waals surface area contributed by atoms with Crippen LogP contribution in [0.15, 0.2) is 81.9 Å². The summed E-state index contributed by atoms with van der Waals surface area (Å²) in [6.45, 7) is 4.38. The van der Waals surface area contributed by atoms with E-state index in [0.29, 0.717) is 12.3 Å². The lowest BCUT2D eigenvalue weighted by atomic mass is 9.84. The average Bonchev–Trinajstić information content (AvgIpc) is 3.46. The Balaban J connectivity index is 1.69. The zero-order valence-electron chi connectivity index (χ0n) is 17.8. The highest BCUT2D eigenvalue weighted by molar-refractivity contribution is 7.07. The van der Waals surface area contributed by atoms with Crippen LogP contribution in [0.4, 0.5) is 8.78 Å². The number of hydrogen-bond donors (Lipinski definition) is 1. The van der Waals surface area contributed by atoms with Gasteiger partial charge in [-0.3, -0.25) is 4.90 Å². The van der Waals surface area contributed by atoms with Gasteiger partial charge in [-0.25, -0.2) is 8.78 Å². The maximum Gasteiger partial charge on any atom is 0.173 e. The van der Waals surface area contributed by atoms with Gasteiger partial charge in [0.25, 0.3) is 0 Å². The molecule has 0 spiro atoms. The summed E-state index contributed by atoms with van der Waals surface area (Å²) in [6, 6.07) is 16.9. The fourth-order valence-corrected chi connectivity index (χ4v) is 4.59. The van der Waals surface area contributed by atoms with E-state index in [4.69, 9.17) is 4.42 Å². The van der Waals surface area contributed by atoms with Crippen molar-refractivity contribution in [2.75, 3.05) is 6.54 Å². The van der Waals surface area contributed by atoms with E-state index in [-0.39, 0.29) is 16.9 Å². The van der Waals surface area contributed by atoms with E-state index in [1.807, 2.05) is 6.07 Å². The summed E-state index contributed by atoms with van der Waals surface area (Å²) in [7, 11) is 0. The summed E-state index contributed by atoms with van der Waals surface area (Å²) in [5.41, 5.74) is -0.0441. The number of hydrogen-bond acceptors (Lipinski definition) is 4. The van der Waals surface area contributed by atoms with Crippen LogP contribution in [-0.4, -0.2) is 16.6 Å². The summed E-state index contributed by atoms with van der Waals surface area (Å²) < 4.78 is 34.2. The summed E-state index contributed by atoms with van der Waals surface area (Å²) in [6.07, 6.45) is 0.994. The van der Waals surface area contributed by atoms with Crippen molar-refractivity contribution < 1.29 is 18.3 Å². The molecule has 3 nitrogen and oxygen atoms in total. The molecule has 0 saturated heterocycles. The van der Waals surface area contributed by atoms with Gasteiger partial charge >= 0.3 is 0 Å². The zero-order valence-corrected chi connectivity index (χ0v) is 18.6. The highest BCUT2D eigenvalue weighted by atomic mass is 32.1. The van der Waals surface area contributed by atoms with E-state index < -0.39 is 17.2 Å². The van der Waals surface area contributed by atoms with Gasteiger partial charge in [0, 0.05) is 6.54 Å². The molecule has 4 aromatic rings. The minimum atomic E-state index is -1.83. The fraction of sp³-hybridized carbons (Fsp3) is 0.231. The second-order valence-electron chi connectivity index (χ2n) is 7.84. The van der Waals surface area contributed by atoms with Crippen molar-refractivity contribution in [1.82, 2.24) is 4.90 Å². The first-order valence-corrected chi connectivity index (χ1v) is 11.5. The Morgan fingerprint density at radius 1 is 0.938 bits per heavy atom. The number of benzene rings is 2. The van der Waals surface area contributed by atoms with Crippen molar-refractivity contribution in [3.63, 3.8) is 0 Å². The number of thiophene rings is 1. The van der Waals surface area contributed by atoms with E-state index in [9.17, 15) is 13.9 Å². The molecule has 0 atom stereocenters. The fourth-order valence-electron chi connectivity index (χ4n) is 3.93. The van der Waals surface area contributed by atoms with Gasteiger partial charge in [0.05, 0.1) is 6.54 Å². The molecular weight excluding hydrogens is 428 g/mol. The molecule has 0 saturated carbocycles. The molecule has 0 fully saturated rings. The number of nitrogens with zero attached hydrogens (tertiary/aromatic N) is 1. The molecule has 2 aromatic heterocycles. The Morgan fingerprint density at radius 3 is 2.19 bits per heavy atom. The first kappa shape index (κ1) is 22.4. The van der Waals surface area contributed by atoms with Gasteiger partial charge in [0.2, 0.25) is 0 Å². The predicted octanol–water partition coefficient (Wildman–Crippen LogP) is 6.32. The third kappa shape index (κ3) is 4.83. The Morgan fingerprint density at radius 2 is 1.62 bits per heavy atom. The SMILES string of the molecule is CCCN(Cc1ccsc1)Cc1ccc(C(O)(c2cccc(F)c2)c2cccc(F)c2)o1. The minimum absolute atomic E-state index is 0.218. The number of furan rings is 1. The highest BCUT2D eigenvalue weighted by Gasteiger charge is 2.38. The number of halogens is 2. The molecule has 0 unspecified atom stereocenters. The molecule has 1 N–H and O–H groups in total. The topological polar surface area (TPSA) is 36.6 Å². The van der Waals surface area contributed by atoms with Crippen molar-refractivity contribution in [3.05, 3.63) is 117 Å². The first-order valence-electron chi connectivity index (χ1n) is 10.6. The van der Waals surface area contributed by atoms with Crippen LogP contribution in [0.25, 0.3) is 0 Å². The molecule has 32 heavy (non-hydrogen) atoms. The Kier molecular flexibility index (Phi) is 6.84. The number of rotatable bonds is 9. The monoisotopic (exact) mass is 453 g/mol. The molecule has 2 aromatic carbocycles. The smallest absolute Gasteiger partial charge is 0.173 e. The Labute approximate surface area is 190 Å². The molecule has 166 valence electrons. The van der Waals surface area contributed by atoms with Gasteiger partial charge in [-0.05, 0) is 82.9 Å². The maximum atomic E-state index is 14.0. The van der Waals surface area contributed by atoms with E-state index in [2.05, 4.69) is 28.7 Å². The third-order valence-corrected chi connectivity index (χ3v) is 6.14. The molecule has 2 heterocycles. The average molecular weight is 454 g/mol. The Bertz CT molecular complexity index is 1110. The van der Waals surface area contributed by atoms with Crippen LogP contribution in [0.3, 0.4) is 0 Å². The molecule has 0 aliphatic carbocycles. The van der Waals surface area contributed by atoms with Crippen LogP contribution < -0.4 is 0 Å². The molecule has 0 radical (unpaired) electrons. The molecular formula is C26H25F2NO2S. The summed E-state index contributed by atoms with van der Waals surface area (Å²) in [4.78, 5) is 2.27. The lowest BCUT2D eigenvalue weighted by molar-refractivity contribution is 0.0945. The van der Waals surface area contributed by atoms with Crippen molar-refractivity contribution in [2.45, 2.75) is 32.0 Å². The summed E-state index contributed by atoms with van der Waals surface area (Å²) in [5, 5.41) is 16.0. The van der Waals surface area contributed by atoms with Crippen LogP contribution >= 0.6 is 11.3 Å². The van der Waals surface area contributed by atoms with Crippen molar-refractivity contribution in [1.29, 1.82) is 0 Å². The first-order chi connectivity index (χ1) is 15.5. The lowest BCUT2D eigenvalue weighted by Gasteiger charge is -2.27. The van der Waals surface area contributed by atoms with E-state index >= 15 is 0 Å². The van der Waals surface area contributed by atoms with Gasteiger partial charge in [-0.15, -0.1) is 0 Å². The molecule has 0 amide bonds. The van der Waals surface area contributed by atoms with Crippen LogP contribution in [0.5, 0.6) is 0 Å². The normalized spacial score (nSPS) is 11.9. The van der Waals surface area contributed by atoms with Crippen LogP contribution in [0, 0.1) is 11.6 Å². The third-order valence-electron chi connectivity index (χ3n) is 5.41. The largest absolute Gasteiger partial charge is 0.461 e. The predicted molar refractivity (Wildman–Crippen MR) is 122 cm³/mol. The van der Waals surface area contributed by atoms with Crippen molar-refractivity contribution >= 4 is 11.3 Å². The second kappa shape index (κ2) is 9.77. The van der Waals surface area contributed by atoms with Crippen LogP contribution in [0.1, 0.15) is 41.6 Å². The number of aliphatic hydroxyl groups is 1. The van der Waals surface area contributed by atoms with Gasteiger partial charge in [0.1, 0.15) is 23.2 Å². The summed E-state index contributed by atoms with van der Waals surface area (Å²) >= 11 is 1.67. The standard InChI is InChI=1S/C26H25F2NO2S/c1-2-12-29(16-19-11-13-32-18-19)17-24-9-10-25(31-24)26(30,20-5-3-7-22(27)14-20)21-6-4-8-23(28)15-21/h3-11,13-15,18,30H,2,12,16-17H2,1H3. The van der Waals surface area contributed by atoms with Crippen molar-refractivity contribution in [2.24, 2.45) is 0 Å². The van der Waals surface area contributed by atoms with Gasteiger partial charge in [0.15, 0.2) is 5.60 Å². The summed E-state index contributed by atoms with van der Waals surface area (Å²) in [5.74, 6) is -0.0893. The van der Waals surface area contributed by atoms with Gasteiger partial charge < -0.3 is 9.52 Å². The van der Waals surface area contributed by atoms with Crippen LogP contribution in [-0.2, 0) is 18.7 Å². The quantitative estimate of drug-likeness (QED) is 0.322. The molecule has 0 aliphatic heterocycles. The van der Waals surface area contributed by atoms with E-state index in [0.717, 1.165) is 19.5 Å². The zero-order chi connectivity index (χ0) is 22.6. The second-order valence-corrected chi connectivity index (χ2v) is 8.62. The molecule has 0 aliphatic rings. The maximum absolute atomic E-state index is 14.0. The lowest BCUT2D eigenvalue weighted by Crippen LogP contribution is -2.28. The minimum Gasteiger partial charge on any atom is -0.461 e. The highest BCUT2D eigenvalue weighted by Crippen LogP contribution is 2.38.